The molecular formula is C26H15NOS. The van der Waals surface area contributed by atoms with Crippen LogP contribution in [0.1, 0.15) is 0 Å². The Labute approximate surface area is 170 Å². The van der Waals surface area contributed by atoms with E-state index in [1.54, 1.807) is 6.26 Å². The summed E-state index contributed by atoms with van der Waals surface area (Å²) in [5.74, 6) is 0. The summed E-state index contributed by atoms with van der Waals surface area (Å²) in [6.45, 7) is 0. The van der Waals surface area contributed by atoms with Gasteiger partial charge in [-0.2, -0.15) is 0 Å². The van der Waals surface area contributed by atoms with Crippen LogP contribution in [0.3, 0.4) is 0 Å². The largest absolute Gasteiger partial charge is 0.462 e. The van der Waals surface area contributed by atoms with Crippen molar-refractivity contribution in [2.75, 3.05) is 0 Å². The molecule has 7 aromatic rings. The summed E-state index contributed by atoms with van der Waals surface area (Å²) in [7, 11) is 0. The molecule has 0 saturated heterocycles. The first kappa shape index (κ1) is 15.4. The van der Waals surface area contributed by atoms with Gasteiger partial charge in [0.15, 0.2) is 5.58 Å². The van der Waals surface area contributed by atoms with Crippen LogP contribution in [0.2, 0.25) is 0 Å². The molecule has 0 unspecified atom stereocenters. The van der Waals surface area contributed by atoms with Gasteiger partial charge in [0.25, 0.3) is 0 Å². The molecule has 0 aliphatic carbocycles. The maximum absolute atomic E-state index is 5.98. The predicted molar refractivity (Wildman–Crippen MR) is 123 cm³/mol. The van der Waals surface area contributed by atoms with Crippen molar-refractivity contribution in [1.82, 2.24) is 4.57 Å². The van der Waals surface area contributed by atoms with Gasteiger partial charge in [-0.25, -0.2) is 0 Å². The number of furan rings is 1. The van der Waals surface area contributed by atoms with Crippen molar-refractivity contribution in [3.63, 3.8) is 0 Å². The minimum Gasteiger partial charge on any atom is -0.462 e. The zero-order chi connectivity index (χ0) is 18.9. The molecule has 4 aromatic carbocycles. The van der Waals surface area contributed by atoms with E-state index in [1.165, 1.54) is 42.1 Å². The first-order valence-electron chi connectivity index (χ1n) is 9.70. The van der Waals surface area contributed by atoms with Crippen molar-refractivity contribution in [1.29, 1.82) is 0 Å². The second-order valence-electron chi connectivity index (χ2n) is 7.41. The molecule has 0 N–H and O–H groups in total. The van der Waals surface area contributed by atoms with E-state index in [2.05, 4.69) is 83.4 Å². The number of benzene rings is 4. The highest BCUT2D eigenvalue weighted by Crippen LogP contribution is 2.42. The van der Waals surface area contributed by atoms with Crippen LogP contribution in [0.15, 0.2) is 95.6 Å². The van der Waals surface area contributed by atoms with Crippen molar-refractivity contribution in [3.05, 3.63) is 91.2 Å². The number of fused-ring (bicyclic) bond motifs is 8. The van der Waals surface area contributed by atoms with Crippen molar-refractivity contribution in [2.24, 2.45) is 0 Å². The van der Waals surface area contributed by atoms with Gasteiger partial charge in [0.1, 0.15) is 0 Å². The predicted octanol–water partition coefficient (Wildman–Crippen LogP) is 7.90. The third-order valence-corrected chi connectivity index (χ3v) is 7.09. The molecule has 136 valence electrons. The molecular weight excluding hydrogens is 374 g/mol. The molecule has 0 saturated carbocycles. The molecule has 0 bridgehead atoms. The van der Waals surface area contributed by atoms with E-state index < -0.39 is 0 Å². The second-order valence-corrected chi connectivity index (χ2v) is 8.46. The van der Waals surface area contributed by atoms with E-state index in [0.29, 0.717) is 0 Å². The summed E-state index contributed by atoms with van der Waals surface area (Å²) in [5.41, 5.74) is 4.49. The summed E-state index contributed by atoms with van der Waals surface area (Å²) < 4.78 is 11.0. The average molecular weight is 389 g/mol. The van der Waals surface area contributed by atoms with E-state index in [-0.39, 0.29) is 0 Å². The van der Waals surface area contributed by atoms with Gasteiger partial charge in [0.2, 0.25) is 0 Å². The number of nitrogens with zero attached hydrogens (tertiary/aromatic N) is 1. The highest BCUT2D eigenvalue weighted by molar-refractivity contribution is 7.26. The van der Waals surface area contributed by atoms with Crippen molar-refractivity contribution in [3.8, 4) is 5.69 Å². The molecule has 29 heavy (non-hydrogen) atoms. The van der Waals surface area contributed by atoms with Gasteiger partial charge in [0.05, 0.1) is 27.7 Å². The summed E-state index contributed by atoms with van der Waals surface area (Å²) in [4.78, 5) is 0. The number of thiophene rings is 1. The van der Waals surface area contributed by atoms with Crippen LogP contribution in [0, 0.1) is 0 Å². The fourth-order valence-electron chi connectivity index (χ4n) is 4.63. The Kier molecular flexibility index (Phi) is 2.91. The van der Waals surface area contributed by atoms with Crippen LogP contribution in [0.5, 0.6) is 0 Å². The first-order chi connectivity index (χ1) is 14.4. The van der Waals surface area contributed by atoms with Crippen LogP contribution in [0.25, 0.3) is 58.6 Å². The van der Waals surface area contributed by atoms with Gasteiger partial charge in [0, 0.05) is 31.6 Å². The van der Waals surface area contributed by atoms with Gasteiger partial charge in [-0.15, -0.1) is 11.3 Å². The maximum Gasteiger partial charge on any atom is 0.158 e. The highest BCUT2D eigenvalue weighted by Gasteiger charge is 2.18. The molecule has 3 heterocycles. The summed E-state index contributed by atoms with van der Waals surface area (Å²) in [6.07, 6.45) is 1.78. The molecule has 0 amide bonds. The molecule has 0 atom stereocenters. The van der Waals surface area contributed by atoms with E-state index in [0.717, 1.165) is 16.5 Å². The van der Waals surface area contributed by atoms with E-state index in [1.807, 2.05) is 17.4 Å². The number of rotatable bonds is 1. The quantitative estimate of drug-likeness (QED) is 0.279. The maximum atomic E-state index is 5.98. The normalized spacial score (nSPS) is 12.1. The average Bonchev–Trinajstić information content (AvgIpc) is 3.46. The van der Waals surface area contributed by atoms with E-state index >= 15 is 0 Å². The molecule has 3 heteroatoms. The summed E-state index contributed by atoms with van der Waals surface area (Å²) >= 11 is 1.86. The Balaban J connectivity index is 1.75. The second kappa shape index (κ2) is 5.49. The topological polar surface area (TPSA) is 18.1 Å². The van der Waals surface area contributed by atoms with Crippen molar-refractivity contribution < 1.29 is 4.42 Å². The smallest absolute Gasteiger partial charge is 0.158 e. The minimum atomic E-state index is 0.941. The van der Waals surface area contributed by atoms with Crippen LogP contribution in [-0.2, 0) is 0 Å². The highest BCUT2D eigenvalue weighted by atomic mass is 32.1. The van der Waals surface area contributed by atoms with Crippen LogP contribution in [0.4, 0.5) is 0 Å². The van der Waals surface area contributed by atoms with Gasteiger partial charge < -0.3 is 8.98 Å². The Morgan fingerprint density at radius 1 is 0.655 bits per heavy atom. The van der Waals surface area contributed by atoms with Crippen molar-refractivity contribution in [2.45, 2.75) is 0 Å². The minimum absolute atomic E-state index is 0.941. The summed E-state index contributed by atoms with van der Waals surface area (Å²) in [6, 6.07) is 30.3. The molecule has 0 radical (unpaired) electrons. The Hall–Kier alpha value is -3.56. The molecule has 0 aliphatic heterocycles. The first-order valence-corrected chi connectivity index (χ1v) is 10.5. The lowest BCUT2D eigenvalue weighted by molar-refractivity contribution is 0.618. The van der Waals surface area contributed by atoms with Crippen LogP contribution < -0.4 is 0 Å². The third kappa shape index (κ3) is 1.95. The summed E-state index contributed by atoms with van der Waals surface area (Å²) in [5, 5.41) is 6.23. The Morgan fingerprint density at radius 2 is 1.48 bits per heavy atom. The molecule has 0 spiro atoms. The lowest BCUT2D eigenvalue weighted by Gasteiger charge is -2.09. The zero-order valence-corrected chi connectivity index (χ0v) is 16.2. The van der Waals surface area contributed by atoms with Gasteiger partial charge in [-0.1, -0.05) is 60.7 Å². The van der Waals surface area contributed by atoms with E-state index in [9.17, 15) is 0 Å². The lowest BCUT2D eigenvalue weighted by Crippen LogP contribution is -1.94. The zero-order valence-electron chi connectivity index (χ0n) is 15.4. The number of aromatic nitrogens is 1. The van der Waals surface area contributed by atoms with Gasteiger partial charge in [-0.05, 0) is 24.3 Å². The SMILES string of the molecule is c1ccc2c(c1)sc1c(-n3c4ccccc4c4ccc5ccoc5c43)cccc12. The Morgan fingerprint density at radius 3 is 2.45 bits per heavy atom. The van der Waals surface area contributed by atoms with Crippen molar-refractivity contribution >= 4 is 64.3 Å². The van der Waals surface area contributed by atoms with Crippen LogP contribution >= 0.6 is 11.3 Å². The monoisotopic (exact) mass is 389 g/mol. The van der Waals surface area contributed by atoms with E-state index in [4.69, 9.17) is 4.42 Å². The molecule has 0 aliphatic rings. The molecule has 0 fully saturated rings. The fraction of sp³-hybridized carbons (Fsp3) is 0. The lowest BCUT2D eigenvalue weighted by atomic mass is 10.1. The number of para-hydroxylation sites is 1. The molecule has 7 rings (SSSR count). The Bertz CT molecular complexity index is 1710. The van der Waals surface area contributed by atoms with Crippen LogP contribution in [-0.4, -0.2) is 4.57 Å². The number of hydrogen-bond donors (Lipinski definition) is 0. The standard InChI is InChI=1S/C26H15NOS/c1-3-9-21-17(6-1)19-13-12-16-14-15-28-25(16)24(19)27(21)22-10-5-8-20-18-7-2-4-11-23(18)29-26(20)22/h1-15H. The third-order valence-electron chi connectivity index (χ3n) is 5.88. The number of hydrogen-bond acceptors (Lipinski definition) is 2. The van der Waals surface area contributed by atoms with Gasteiger partial charge in [-0.3, -0.25) is 0 Å². The van der Waals surface area contributed by atoms with Gasteiger partial charge >= 0.3 is 0 Å². The molecule has 3 aromatic heterocycles. The molecule has 2 nitrogen and oxygen atoms in total. The fourth-order valence-corrected chi connectivity index (χ4v) is 5.84.